The molecule has 6 heteroatoms. The Morgan fingerprint density at radius 1 is 1.09 bits per heavy atom. The van der Waals surface area contributed by atoms with Gasteiger partial charge in [-0.2, -0.15) is 0 Å². The number of halogens is 1. The van der Waals surface area contributed by atoms with Crippen LogP contribution in [0.25, 0.3) is 0 Å². The second-order valence-electron chi connectivity index (χ2n) is 4.95. The van der Waals surface area contributed by atoms with Gasteiger partial charge in [0.05, 0.1) is 19.2 Å². The van der Waals surface area contributed by atoms with Gasteiger partial charge < -0.3 is 15.4 Å². The first-order valence-corrected chi connectivity index (χ1v) is 6.98. The summed E-state index contributed by atoms with van der Waals surface area (Å²) < 4.78 is 18.6. The molecule has 0 aliphatic heterocycles. The summed E-state index contributed by atoms with van der Waals surface area (Å²) in [5, 5.41) is 5.04. The van der Waals surface area contributed by atoms with E-state index in [1.165, 1.54) is 25.1 Å². The summed E-state index contributed by atoms with van der Waals surface area (Å²) in [5.41, 5.74) is 1.26. The van der Waals surface area contributed by atoms with Gasteiger partial charge in [-0.3, -0.25) is 9.59 Å². The number of benzene rings is 2. The lowest BCUT2D eigenvalue weighted by Gasteiger charge is -2.09. The molecule has 0 unspecified atom stereocenters. The van der Waals surface area contributed by atoms with E-state index in [9.17, 15) is 14.0 Å². The van der Waals surface area contributed by atoms with E-state index < -0.39 is 5.82 Å². The summed E-state index contributed by atoms with van der Waals surface area (Å²) >= 11 is 0. The van der Waals surface area contributed by atoms with Gasteiger partial charge in [0.25, 0.3) is 0 Å². The largest absolute Gasteiger partial charge is 0.497 e. The van der Waals surface area contributed by atoms with Gasteiger partial charge in [0.2, 0.25) is 11.8 Å². The molecule has 0 aromatic heterocycles. The standard InChI is InChI=1S/C17H17FN2O3/c1-11(21)19-16-10-13(5-8-15(16)18)20-17(22)9-12-3-6-14(23-2)7-4-12/h3-8,10H,9H2,1-2H3,(H,19,21)(H,20,22). The number of carbonyl (C=O) groups is 2. The molecule has 0 saturated heterocycles. The zero-order chi connectivity index (χ0) is 16.8. The fraction of sp³-hybridized carbons (Fsp3) is 0.176. The first kappa shape index (κ1) is 16.5. The van der Waals surface area contributed by atoms with E-state index in [-0.39, 0.29) is 23.9 Å². The lowest BCUT2D eigenvalue weighted by molar-refractivity contribution is -0.115. The van der Waals surface area contributed by atoms with Crippen molar-refractivity contribution in [2.45, 2.75) is 13.3 Å². The summed E-state index contributed by atoms with van der Waals surface area (Å²) in [6, 6.07) is 11.1. The van der Waals surface area contributed by atoms with Crippen LogP contribution < -0.4 is 15.4 Å². The molecule has 0 radical (unpaired) electrons. The minimum absolute atomic E-state index is 0.0275. The topological polar surface area (TPSA) is 67.4 Å². The van der Waals surface area contributed by atoms with Crippen LogP contribution in [0.4, 0.5) is 15.8 Å². The Hall–Kier alpha value is -2.89. The molecule has 2 N–H and O–H groups in total. The number of nitrogens with one attached hydrogen (secondary N) is 2. The van der Waals surface area contributed by atoms with Gasteiger partial charge >= 0.3 is 0 Å². The summed E-state index contributed by atoms with van der Waals surface area (Å²) in [5.74, 6) is -0.470. The van der Waals surface area contributed by atoms with Crippen LogP contribution in [0.3, 0.4) is 0 Å². The van der Waals surface area contributed by atoms with Crippen LogP contribution in [0.2, 0.25) is 0 Å². The average Bonchev–Trinajstić information content (AvgIpc) is 2.51. The van der Waals surface area contributed by atoms with Crippen LogP contribution in [0.15, 0.2) is 42.5 Å². The molecule has 2 amide bonds. The predicted octanol–water partition coefficient (Wildman–Crippen LogP) is 2.97. The SMILES string of the molecule is COc1ccc(CC(=O)Nc2ccc(F)c(NC(C)=O)c2)cc1. The number of carbonyl (C=O) groups excluding carboxylic acids is 2. The van der Waals surface area contributed by atoms with Gasteiger partial charge in [0.15, 0.2) is 0 Å². The molecule has 120 valence electrons. The lowest BCUT2D eigenvalue weighted by atomic mass is 10.1. The van der Waals surface area contributed by atoms with Crippen molar-refractivity contribution in [1.82, 2.24) is 0 Å². The molecule has 0 heterocycles. The third kappa shape index (κ3) is 4.81. The van der Waals surface area contributed by atoms with Gasteiger partial charge in [-0.25, -0.2) is 4.39 Å². The first-order chi connectivity index (χ1) is 11.0. The molecule has 0 atom stereocenters. The summed E-state index contributed by atoms with van der Waals surface area (Å²) in [6.07, 6.45) is 0.177. The number of ether oxygens (including phenoxy) is 1. The van der Waals surface area contributed by atoms with E-state index in [0.717, 1.165) is 5.56 Å². The molecule has 2 rings (SSSR count). The number of rotatable bonds is 5. The molecular formula is C17H17FN2O3. The van der Waals surface area contributed by atoms with Crippen molar-refractivity contribution in [3.8, 4) is 5.75 Å². The highest BCUT2D eigenvalue weighted by Gasteiger charge is 2.08. The zero-order valence-electron chi connectivity index (χ0n) is 12.9. The van der Waals surface area contributed by atoms with E-state index in [1.807, 2.05) is 0 Å². The van der Waals surface area contributed by atoms with E-state index in [4.69, 9.17) is 4.74 Å². The number of hydrogen-bond acceptors (Lipinski definition) is 3. The van der Waals surface area contributed by atoms with Crippen molar-refractivity contribution in [3.05, 3.63) is 53.8 Å². The van der Waals surface area contributed by atoms with Crippen molar-refractivity contribution in [1.29, 1.82) is 0 Å². The van der Waals surface area contributed by atoms with E-state index in [2.05, 4.69) is 10.6 Å². The monoisotopic (exact) mass is 316 g/mol. The smallest absolute Gasteiger partial charge is 0.228 e. The number of hydrogen-bond donors (Lipinski definition) is 2. The number of methoxy groups -OCH3 is 1. The van der Waals surface area contributed by atoms with Gasteiger partial charge in [-0.1, -0.05) is 12.1 Å². The molecule has 0 bridgehead atoms. The highest BCUT2D eigenvalue weighted by atomic mass is 19.1. The van der Waals surface area contributed by atoms with Gasteiger partial charge in [-0.05, 0) is 35.9 Å². The van der Waals surface area contributed by atoms with Crippen LogP contribution in [-0.4, -0.2) is 18.9 Å². The Bertz CT molecular complexity index is 714. The predicted molar refractivity (Wildman–Crippen MR) is 86.0 cm³/mol. The van der Waals surface area contributed by atoms with Crippen LogP contribution >= 0.6 is 0 Å². The van der Waals surface area contributed by atoms with E-state index in [0.29, 0.717) is 11.4 Å². The maximum absolute atomic E-state index is 13.5. The van der Waals surface area contributed by atoms with Crippen molar-refractivity contribution in [2.75, 3.05) is 17.7 Å². The summed E-state index contributed by atoms with van der Waals surface area (Å²) in [4.78, 5) is 23.0. The molecular weight excluding hydrogens is 299 g/mol. The highest BCUT2D eigenvalue weighted by Crippen LogP contribution is 2.20. The van der Waals surface area contributed by atoms with E-state index >= 15 is 0 Å². The molecule has 0 aliphatic carbocycles. The Balaban J connectivity index is 2.03. The van der Waals surface area contributed by atoms with Crippen molar-refractivity contribution < 1.29 is 18.7 Å². The summed E-state index contributed by atoms with van der Waals surface area (Å²) in [7, 11) is 1.57. The van der Waals surface area contributed by atoms with Crippen molar-refractivity contribution in [3.63, 3.8) is 0 Å². The van der Waals surface area contributed by atoms with Crippen molar-refractivity contribution >= 4 is 23.2 Å². The van der Waals surface area contributed by atoms with Crippen molar-refractivity contribution in [2.24, 2.45) is 0 Å². The molecule has 2 aromatic carbocycles. The summed E-state index contributed by atoms with van der Waals surface area (Å²) in [6.45, 7) is 1.29. The lowest BCUT2D eigenvalue weighted by Crippen LogP contribution is -2.15. The van der Waals surface area contributed by atoms with Crippen LogP contribution in [0, 0.1) is 5.82 Å². The molecule has 0 fully saturated rings. The first-order valence-electron chi connectivity index (χ1n) is 6.98. The minimum atomic E-state index is -0.562. The molecule has 2 aromatic rings. The third-order valence-electron chi connectivity index (χ3n) is 3.08. The highest BCUT2D eigenvalue weighted by molar-refractivity contribution is 5.94. The maximum Gasteiger partial charge on any atom is 0.228 e. The van der Waals surface area contributed by atoms with Crippen LogP contribution in [0.1, 0.15) is 12.5 Å². The fourth-order valence-electron chi connectivity index (χ4n) is 2.02. The third-order valence-corrected chi connectivity index (χ3v) is 3.08. The van der Waals surface area contributed by atoms with Crippen LogP contribution in [-0.2, 0) is 16.0 Å². The number of anilines is 2. The van der Waals surface area contributed by atoms with Gasteiger partial charge in [0.1, 0.15) is 11.6 Å². The molecule has 0 aliphatic rings. The van der Waals surface area contributed by atoms with E-state index in [1.54, 1.807) is 31.4 Å². The molecule has 5 nitrogen and oxygen atoms in total. The second-order valence-corrected chi connectivity index (χ2v) is 4.95. The molecule has 23 heavy (non-hydrogen) atoms. The number of amides is 2. The Morgan fingerprint density at radius 3 is 2.39 bits per heavy atom. The minimum Gasteiger partial charge on any atom is -0.497 e. The maximum atomic E-state index is 13.5. The zero-order valence-corrected chi connectivity index (χ0v) is 12.9. The quantitative estimate of drug-likeness (QED) is 0.891. The normalized spacial score (nSPS) is 10.0. The Morgan fingerprint density at radius 2 is 1.78 bits per heavy atom. The average molecular weight is 316 g/mol. The molecule has 0 saturated carbocycles. The second kappa shape index (κ2) is 7.40. The van der Waals surface area contributed by atoms with Gasteiger partial charge in [-0.15, -0.1) is 0 Å². The molecule has 0 spiro atoms. The van der Waals surface area contributed by atoms with Gasteiger partial charge in [0, 0.05) is 12.6 Å². The Labute approximate surface area is 133 Å². The Kier molecular flexibility index (Phi) is 5.30. The van der Waals surface area contributed by atoms with Crippen LogP contribution in [0.5, 0.6) is 5.75 Å². The fourth-order valence-corrected chi connectivity index (χ4v) is 2.02.